The van der Waals surface area contributed by atoms with Crippen LogP contribution in [0, 0.1) is 0 Å². The van der Waals surface area contributed by atoms with Gasteiger partial charge in [0.05, 0.1) is 32.0 Å². The molecule has 20 heavy (non-hydrogen) atoms. The fourth-order valence-electron chi connectivity index (χ4n) is 2.80. The maximum atomic E-state index is 9.98. The number of hydrogen-bond donors (Lipinski definition) is 2. The molecule has 2 saturated heterocycles. The number of nitrogens with zero attached hydrogens (tertiary/aromatic N) is 2. The second-order valence-electron chi connectivity index (χ2n) is 5.69. The van der Waals surface area contributed by atoms with Crippen LogP contribution in [0.15, 0.2) is 0 Å². The van der Waals surface area contributed by atoms with Crippen LogP contribution in [0.5, 0.6) is 0 Å². The Morgan fingerprint density at radius 1 is 1.20 bits per heavy atom. The summed E-state index contributed by atoms with van der Waals surface area (Å²) in [6, 6.07) is 0. The van der Waals surface area contributed by atoms with Crippen molar-refractivity contribution in [2.75, 3.05) is 65.7 Å². The van der Waals surface area contributed by atoms with Gasteiger partial charge in [0.25, 0.3) is 0 Å². The van der Waals surface area contributed by atoms with Crippen molar-refractivity contribution in [2.45, 2.75) is 25.0 Å². The monoisotopic (exact) mass is 288 g/mol. The van der Waals surface area contributed by atoms with Crippen LogP contribution in [0.3, 0.4) is 0 Å². The van der Waals surface area contributed by atoms with Gasteiger partial charge in [0.2, 0.25) is 0 Å². The molecule has 6 heteroatoms. The molecule has 6 nitrogen and oxygen atoms in total. The molecule has 118 valence electrons. The molecule has 0 aromatic heterocycles. The van der Waals surface area contributed by atoms with Crippen molar-refractivity contribution in [1.82, 2.24) is 9.80 Å². The summed E-state index contributed by atoms with van der Waals surface area (Å²) in [6.07, 6.45) is 1.99. The van der Waals surface area contributed by atoms with Crippen LogP contribution in [-0.4, -0.2) is 97.9 Å². The lowest BCUT2D eigenvalue weighted by Gasteiger charge is -2.35. The Morgan fingerprint density at radius 2 is 1.95 bits per heavy atom. The highest BCUT2D eigenvalue weighted by Gasteiger charge is 2.20. The van der Waals surface area contributed by atoms with E-state index in [1.54, 1.807) is 0 Å². The van der Waals surface area contributed by atoms with E-state index in [4.69, 9.17) is 14.6 Å². The molecule has 2 unspecified atom stereocenters. The Morgan fingerprint density at radius 3 is 2.60 bits per heavy atom. The third kappa shape index (κ3) is 5.63. The largest absolute Gasteiger partial charge is 0.395 e. The molecule has 2 fully saturated rings. The van der Waals surface area contributed by atoms with E-state index in [0.29, 0.717) is 19.8 Å². The van der Waals surface area contributed by atoms with E-state index >= 15 is 0 Å². The van der Waals surface area contributed by atoms with Crippen molar-refractivity contribution in [3.05, 3.63) is 0 Å². The molecular formula is C14H28N2O4. The molecule has 0 radical (unpaired) electrons. The van der Waals surface area contributed by atoms with Gasteiger partial charge in [-0.3, -0.25) is 9.80 Å². The average molecular weight is 288 g/mol. The van der Waals surface area contributed by atoms with Crippen LogP contribution in [0.2, 0.25) is 0 Å². The number of ether oxygens (including phenoxy) is 2. The minimum absolute atomic E-state index is 0.222. The van der Waals surface area contributed by atoms with Gasteiger partial charge < -0.3 is 19.7 Å². The predicted octanol–water partition coefficient (Wildman–Crippen LogP) is -0.847. The van der Waals surface area contributed by atoms with Crippen molar-refractivity contribution in [1.29, 1.82) is 0 Å². The fraction of sp³-hybridized carbons (Fsp3) is 1.00. The van der Waals surface area contributed by atoms with E-state index in [2.05, 4.69) is 9.80 Å². The normalized spacial score (nSPS) is 27.0. The van der Waals surface area contributed by atoms with E-state index in [1.165, 1.54) is 0 Å². The van der Waals surface area contributed by atoms with Gasteiger partial charge in [-0.05, 0) is 12.8 Å². The highest BCUT2D eigenvalue weighted by Crippen LogP contribution is 2.12. The molecule has 2 aliphatic heterocycles. The molecule has 0 saturated carbocycles. The third-order valence-corrected chi connectivity index (χ3v) is 3.99. The van der Waals surface area contributed by atoms with Gasteiger partial charge in [0.15, 0.2) is 0 Å². The van der Waals surface area contributed by atoms with Crippen molar-refractivity contribution in [3.8, 4) is 0 Å². The first kappa shape index (κ1) is 16.1. The van der Waals surface area contributed by atoms with E-state index in [0.717, 1.165) is 52.2 Å². The summed E-state index contributed by atoms with van der Waals surface area (Å²) in [4.78, 5) is 4.50. The van der Waals surface area contributed by atoms with Crippen LogP contribution in [0.25, 0.3) is 0 Å². The Labute approximate surface area is 121 Å². The molecule has 2 aliphatic rings. The minimum Gasteiger partial charge on any atom is -0.395 e. The third-order valence-electron chi connectivity index (χ3n) is 3.99. The summed E-state index contributed by atoms with van der Waals surface area (Å²) in [5, 5.41) is 18.9. The van der Waals surface area contributed by atoms with Crippen LogP contribution < -0.4 is 0 Å². The number of aliphatic hydroxyl groups is 2. The first-order valence-corrected chi connectivity index (χ1v) is 7.71. The number of rotatable bonds is 8. The van der Waals surface area contributed by atoms with Gasteiger partial charge in [-0.25, -0.2) is 0 Å². The number of aliphatic hydroxyl groups excluding tert-OH is 2. The van der Waals surface area contributed by atoms with Gasteiger partial charge in [-0.1, -0.05) is 0 Å². The van der Waals surface area contributed by atoms with E-state index < -0.39 is 6.10 Å². The quantitative estimate of drug-likeness (QED) is 0.607. The van der Waals surface area contributed by atoms with Crippen molar-refractivity contribution < 1.29 is 19.7 Å². The molecule has 0 spiro atoms. The number of hydrogen-bond acceptors (Lipinski definition) is 6. The Bertz CT molecular complexity index is 254. The van der Waals surface area contributed by atoms with Crippen LogP contribution >= 0.6 is 0 Å². The number of β-amino-alcohol motifs (C(OH)–C–C–N with tert-alkyl or cyclic N) is 2. The van der Waals surface area contributed by atoms with Crippen molar-refractivity contribution in [3.63, 3.8) is 0 Å². The van der Waals surface area contributed by atoms with Crippen LogP contribution in [0.4, 0.5) is 0 Å². The van der Waals surface area contributed by atoms with E-state index in [-0.39, 0.29) is 12.7 Å². The standard InChI is InChI=1S/C14H28N2O4/c17-8-7-15-3-5-16(6-4-15)10-13(18)11-19-12-14-2-1-9-20-14/h13-14,17-18H,1-12H2. The highest BCUT2D eigenvalue weighted by molar-refractivity contribution is 4.74. The fourth-order valence-corrected chi connectivity index (χ4v) is 2.80. The molecule has 0 aromatic rings. The maximum Gasteiger partial charge on any atom is 0.0900 e. The summed E-state index contributed by atoms with van der Waals surface area (Å²) in [5.41, 5.74) is 0. The average Bonchev–Trinajstić information content (AvgIpc) is 2.94. The lowest BCUT2D eigenvalue weighted by molar-refractivity contribution is -0.0288. The molecule has 0 amide bonds. The molecule has 0 aromatic carbocycles. The summed E-state index contributed by atoms with van der Waals surface area (Å²) in [6.45, 7) is 7.28. The van der Waals surface area contributed by atoms with Gasteiger partial charge in [-0.2, -0.15) is 0 Å². The lowest BCUT2D eigenvalue weighted by atomic mass is 10.2. The molecule has 2 atom stereocenters. The van der Waals surface area contributed by atoms with Gasteiger partial charge in [0.1, 0.15) is 0 Å². The summed E-state index contributed by atoms with van der Waals surface area (Å²) < 4.78 is 11.0. The second kappa shape index (κ2) is 8.92. The van der Waals surface area contributed by atoms with Crippen LogP contribution in [0.1, 0.15) is 12.8 Å². The molecule has 0 aliphatic carbocycles. The molecular weight excluding hydrogens is 260 g/mol. The molecule has 0 bridgehead atoms. The smallest absolute Gasteiger partial charge is 0.0900 e. The van der Waals surface area contributed by atoms with Crippen LogP contribution in [-0.2, 0) is 9.47 Å². The first-order chi connectivity index (χ1) is 9.78. The zero-order chi connectivity index (χ0) is 14.2. The summed E-state index contributed by atoms with van der Waals surface area (Å²) in [5.74, 6) is 0. The number of piperazine rings is 1. The summed E-state index contributed by atoms with van der Waals surface area (Å²) >= 11 is 0. The second-order valence-corrected chi connectivity index (χ2v) is 5.69. The highest BCUT2D eigenvalue weighted by atomic mass is 16.5. The van der Waals surface area contributed by atoms with Crippen molar-refractivity contribution in [2.24, 2.45) is 0 Å². The SMILES string of the molecule is OCCN1CCN(CC(O)COCC2CCCO2)CC1. The molecule has 2 rings (SSSR count). The zero-order valence-corrected chi connectivity index (χ0v) is 12.2. The minimum atomic E-state index is -0.430. The van der Waals surface area contributed by atoms with Gasteiger partial charge in [-0.15, -0.1) is 0 Å². The predicted molar refractivity (Wildman–Crippen MR) is 75.8 cm³/mol. The summed E-state index contributed by atoms with van der Waals surface area (Å²) in [7, 11) is 0. The molecule has 2 N–H and O–H groups in total. The first-order valence-electron chi connectivity index (χ1n) is 7.71. The maximum absolute atomic E-state index is 9.98. The lowest BCUT2D eigenvalue weighted by Crippen LogP contribution is -2.49. The Kier molecular flexibility index (Phi) is 7.19. The topological polar surface area (TPSA) is 65.4 Å². The Hall–Kier alpha value is -0.240. The van der Waals surface area contributed by atoms with Gasteiger partial charge in [0, 0.05) is 45.9 Å². The van der Waals surface area contributed by atoms with E-state index in [9.17, 15) is 5.11 Å². The van der Waals surface area contributed by atoms with E-state index in [1.807, 2.05) is 0 Å². The Balaban J connectivity index is 1.52. The zero-order valence-electron chi connectivity index (χ0n) is 12.2. The molecule has 2 heterocycles. The van der Waals surface area contributed by atoms with Gasteiger partial charge >= 0.3 is 0 Å². The van der Waals surface area contributed by atoms with Crippen molar-refractivity contribution >= 4 is 0 Å².